The Bertz CT molecular complexity index is 964. The van der Waals surface area contributed by atoms with Gasteiger partial charge < -0.3 is 14.6 Å². The highest BCUT2D eigenvalue weighted by atomic mass is 19.1. The van der Waals surface area contributed by atoms with Crippen molar-refractivity contribution in [2.75, 3.05) is 14.1 Å². The summed E-state index contributed by atoms with van der Waals surface area (Å²) in [5.41, 5.74) is 1.74. The number of furan rings is 1. The molecule has 0 bridgehead atoms. The first kappa shape index (κ1) is 18.4. The molecule has 2 aromatic carbocycles. The fraction of sp³-hybridized carbons (Fsp3) is 0.143. The quantitative estimate of drug-likeness (QED) is 0.749. The lowest BCUT2D eigenvalue weighted by molar-refractivity contribution is 0.0754. The van der Waals surface area contributed by atoms with E-state index in [1.807, 2.05) is 0 Å². The van der Waals surface area contributed by atoms with Crippen molar-refractivity contribution in [1.29, 1.82) is 0 Å². The van der Waals surface area contributed by atoms with Gasteiger partial charge in [-0.1, -0.05) is 24.3 Å². The van der Waals surface area contributed by atoms with Gasteiger partial charge in [0, 0.05) is 26.2 Å². The Balaban J connectivity index is 1.71. The molecule has 0 aliphatic carbocycles. The molecule has 1 heterocycles. The molecule has 0 radical (unpaired) electrons. The zero-order valence-corrected chi connectivity index (χ0v) is 15.0. The molecule has 1 aromatic heterocycles. The smallest absolute Gasteiger partial charge is 0.289 e. The Kier molecular flexibility index (Phi) is 5.35. The summed E-state index contributed by atoms with van der Waals surface area (Å²) in [6.45, 7) is 0.350. The third-order valence-corrected chi connectivity index (χ3v) is 4.17. The van der Waals surface area contributed by atoms with Crippen molar-refractivity contribution in [2.24, 2.45) is 0 Å². The summed E-state index contributed by atoms with van der Waals surface area (Å²) < 4.78 is 19.4. The first-order valence-electron chi connectivity index (χ1n) is 8.41. The molecule has 6 heteroatoms. The Hall–Kier alpha value is -3.41. The van der Waals surface area contributed by atoms with E-state index in [9.17, 15) is 14.0 Å². The van der Waals surface area contributed by atoms with Gasteiger partial charge in [-0.25, -0.2) is 4.39 Å². The molecule has 3 aromatic rings. The summed E-state index contributed by atoms with van der Waals surface area (Å²) in [6.07, 6.45) is 0. The molecular formula is C21H19FN2O3. The third kappa shape index (κ3) is 4.06. The average molecular weight is 366 g/mol. The Morgan fingerprint density at radius 1 is 1.04 bits per heavy atom. The lowest BCUT2D eigenvalue weighted by Crippen LogP contribution is -2.25. The molecule has 0 aliphatic rings. The monoisotopic (exact) mass is 366 g/mol. The van der Waals surface area contributed by atoms with Crippen molar-refractivity contribution in [1.82, 2.24) is 10.2 Å². The largest absolute Gasteiger partial charge is 0.451 e. The molecule has 0 spiro atoms. The zero-order valence-electron chi connectivity index (χ0n) is 15.0. The minimum atomic E-state index is -0.407. The van der Waals surface area contributed by atoms with Gasteiger partial charge in [0.15, 0.2) is 5.76 Å². The molecular weight excluding hydrogens is 347 g/mol. The van der Waals surface area contributed by atoms with E-state index in [0.717, 1.165) is 5.56 Å². The number of nitrogens with one attached hydrogen (secondary N) is 1. The second kappa shape index (κ2) is 7.86. The Morgan fingerprint density at radius 3 is 2.41 bits per heavy atom. The number of hydrogen-bond acceptors (Lipinski definition) is 3. The van der Waals surface area contributed by atoms with Crippen molar-refractivity contribution in [2.45, 2.75) is 6.54 Å². The highest BCUT2D eigenvalue weighted by Crippen LogP contribution is 2.25. The molecule has 0 unspecified atom stereocenters. The number of amides is 2. The molecule has 138 valence electrons. The number of hydrogen-bond donors (Lipinski definition) is 1. The van der Waals surface area contributed by atoms with Crippen molar-refractivity contribution >= 4 is 11.8 Å². The van der Waals surface area contributed by atoms with E-state index in [1.54, 1.807) is 62.6 Å². The van der Waals surface area contributed by atoms with Crippen molar-refractivity contribution < 1.29 is 18.4 Å². The number of rotatable bonds is 5. The average Bonchev–Trinajstić information content (AvgIpc) is 3.17. The molecule has 1 N–H and O–H groups in total. The van der Waals surface area contributed by atoms with Gasteiger partial charge in [-0.05, 0) is 42.0 Å². The summed E-state index contributed by atoms with van der Waals surface area (Å²) in [7, 11) is 3.22. The molecule has 0 saturated carbocycles. The second-order valence-electron chi connectivity index (χ2n) is 6.08. The Labute approximate surface area is 156 Å². The summed E-state index contributed by atoms with van der Waals surface area (Å²) in [4.78, 5) is 25.6. The Morgan fingerprint density at radius 2 is 1.74 bits per heavy atom. The van der Waals surface area contributed by atoms with E-state index in [2.05, 4.69) is 5.32 Å². The van der Waals surface area contributed by atoms with E-state index in [0.29, 0.717) is 23.4 Å². The third-order valence-electron chi connectivity index (χ3n) is 4.17. The molecule has 0 fully saturated rings. The van der Waals surface area contributed by atoms with Crippen LogP contribution >= 0.6 is 0 Å². The van der Waals surface area contributed by atoms with E-state index in [4.69, 9.17) is 4.42 Å². The fourth-order valence-corrected chi connectivity index (χ4v) is 2.70. The van der Waals surface area contributed by atoms with Crippen molar-refractivity contribution in [3.63, 3.8) is 0 Å². The maximum absolute atomic E-state index is 13.9. The van der Waals surface area contributed by atoms with Crippen molar-refractivity contribution in [3.05, 3.63) is 83.4 Å². The van der Waals surface area contributed by atoms with E-state index < -0.39 is 5.82 Å². The van der Waals surface area contributed by atoms with Crippen LogP contribution in [0.4, 0.5) is 4.39 Å². The SMILES string of the molecule is CNC(=O)c1ccc(CN(C)C(=O)c2ccc(-c3ccccc3F)o2)cc1. The lowest BCUT2D eigenvalue weighted by Gasteiger charge is -2.16. The summed E-state index contributed by atoms with van der Waals surface area (Å²) in [5, 5.41) is 2.56. The zero-order chi connectivity index (χ0) is 19.4. The normalized spacial score (nSPS) is 10.5. The standard InChI is InChI=1S/C21H19FN2O3/c1-23-20(25)15-9-7-14(8-10-15)13-24(2)21(26)19-12-11-18(27-19)16-5-3-4-6-17(16)22/h3-12H,13H2,1-2H3,(H,23,25). The lowest BCUT2D eigenvalue weighted by atomic mass is 10.1. The molecule has 0 saturated heterocycles. The number of benzene rings is 2. The molecule has 27 heavy (non-hydrogen) atoms. The number of nitrogens with zero attached hydrogens (tertiary/aromatic N) is 1. The number of halogens is 1. The van der Waals surface area contributed by atoms with Gasteiger partial charge >= 0.3 is 0 Å². The van der Waals surface area contributed by atoms with E-state index in [1.165, 1.54) is 17.0 Å². The predicted octanol–water partition coefficient (Wildman–Crippen LogP) is 3.72. The number of carbonyl (C=O) groups is 2. The molecule has 0 atom stereocenters. The minimum Gasteiger partial charge on any atom is -0.451 e. The molecule has 5 nitrogen and oxygen atoms in total. The maximum Gasteiger partial charge on any atom is 0.289 e. The highest BCUT2D eigenvalue weighted by Gasteiger charge is 2.18. The highest BCUT2D eigenvalue weighted by molar-refractivity contribution is 5.94. The van der Waals surface area contributed by atoms with Crippen LogP contribution in [0.3, 0.4) is 0 Å². The van der Waals surface area contributed by atoms with E-state index >= 15 is 0 Å². The first-order chi connectivity index (χ1) is 13.0. The maximum atomic E-state index is 13.9. The van der Waals surface area contributed by atoms with Gasteiger partial charge in [-0.15, -0.1) is 0 Å². The first-order valence-corrected chi connectivity index (χ1v) is 8.41. The van der Waals surface area contributed by atoms with Gasteiger partial charge in [-0.2, -0.15) is 0 Å². The fourth-order valence-electron chi connectivity index (χ4n) is 2.70. The van der Waals surface area contributed by atoms with Gasteiger partial charge in [0.05, 0.1) is 5.56 Å². The van der Waals surface area contributed by atoms with Crippen LogP contribution in [0.25, 0.3) is 11.3 Å². The summed E-state index contributed by atoms with van der Waals surface area (Å²) >= 11 is 0. The summed E-state index contributed by atoms with van der Waals surface area (Å²) in [6, 6.07) is 16.4. The minimum absolute atomic E-state index is 0.137. The summed E-state index contributed by atoms with van der Waals surface area (Å²) in [5.74, 6) is -0.442. The second-order valence-corrected chi connectivity index (χ2v) is 6.08. The molecule has 2 amide bonds. The van der Waals surface area contributed by atoms with E-state index in [-0.39, 0.29) is 17.6 Å². The number of carbonyl (C=O) groups excluding carboxylic acids is 2. The van der Waals surface area contributed by atoms with Crippen LogP contribution in [-0.4, -0.2) is 30.8 Å². The van der Waals surface area contributed by atoms with Crippen LogP contribution in [0.5, 0.6) is 0 Å². The van der Waals surface area contributed by atoms with Crippen LogP contribution in [0.1, 0.15) is 26.5 Å². The van der Waals surface area contributed by atoms with Crippen molar-refractivity contribution in [3.8, 4) is 11.3 Å². The van der Waals surface area contributed by atoms with Gasteiger partial charge in [-0.3, -0.25) is 9.59 Å². The van der Waals surface area contributed by atoms with Gasteiger partial charge in [0.1, 0.15) is 11.6 Å². The van der Waals surface area contributed by atoms with Crippen LogP contribution < -0.4 is 5.32 Å². The van der Waals surface area contributed by atoms with Crippen LogP contribution in [0.2, 0.25) is 0 Å². The van der Waals surface area contributed by atoms with Crippen LogP contribution in [0.15, 0.2) is 65.1 Å². The molecule has 0 aliphatic heterocycles. The molecule has 3 rings (SSSR count). The van der Waals surface area contributed by atoms with Gasteiger partial charge in [0.2, 0.25) is 0 Å². The predicted molar refractivity (Wildman–Crippen MR) is 99.7 cm³/mol. The topological polar surface area (TPSA) is 62.6 Å². The van der Waals surface area contributed by atoms with Crippen LogP contribution in [0, 0.1) is 5.82 Å². The van der Waals surface area contributed by atoms with Crippen LogP contribution in [-0.2, 0) is 6.54 Å². The van der Waals surface area contributed by atoms with Gasteiger partial charge in [0.25, 0.3) is 11.8 Å².